The van der Waals surface area contributed by atoms with Gasteiger partial charge in [-0.1, -0.05) is 48.0 Å². The first-order chi connectivity index (χ1) is 14.9. The molecule has 0 saturated carbocycles. The van der Waals surface area contributed by atoms with Crippen LogP contribution in [0.15, 0.2) is 70.0 Å². The number of rotatable bonds is 5. The molecule has 1 aliphatic rings. The summed E-state index contributed by atoms with van der Waals surface area (Å²) in [6, 6.07) is 18.8. The summed E-state index contributed by atoms with van der Waals surface area (Å²) in [6.45, 7) is 3.51. The van der Waals surface area contributed by atoms with E-state index in [4.69, 9.17) is 4.42 Å². The molecule has 0 aliphatic carbocycles. The van der Waals surface area contributed by atoms with E-state index in [0.717, 1.165) is 33.4 Å². The van der Waals surface area contributed by atoms with Crippen molar-refractivity contribution < 1.29 is 18.8 Å². The van der Waals surface area contributed by atoms with Crippen molar-refractivity contribution in [3.8, 4) is 11.3 Å². The van der Waals surface area contributed by atoms with E-state index < -0.39 is 17.1 Å². The van der Waals surface area contributed by atoms with Crippen molar-refractivity contribution in [2.45, 2.75) is 13.8 Å². The van der Waals surface area contributed by atoms with Gasteiger partial charge in [0.25, 0.3) is 11.1 Å². The van der Waals surface area contributed by atoms with Gasteiger partial charge in [0.05, 0.1) is 4.91 Å². The van der Waals surface area contributed by atoms with E-state index >= 15 is 0 Å². The van der Waals surface area contributed by atoms with Gasteiger partial charge in [0, 0.05) is 17.3 Å². The Labute approximate surface area is 183 Å². The standard InChI is InChI=1S/C24H20N2O4S/c1-15-8-10-19(16(2)12-15)25-22(27)14-26-23(28)21(31-24(26)29)13-18-9-11-20(30-18)17-6-4-3-5-7-17/h3-13H,14H2,1-2H3,(H,25,27)/b21-13-. The van der Waals surface area contributed by atoms with Gasteiger partial charge >= 0.3 is 0 Å². The van der Waals surface area contributed by atoms with Crippen LogP contribution in [0.5, 0.6) is 0 Å². The van der Waals surface area contributed by atoms with E-state index in [9.17, 15) is 14.4 Å². The second kappa shape index (κ2) is 8.65. The normalized spacial score (nSPS) is 15.0. The van der Waals surface area contributed by atoms with Crippen LogP contribution in [0.4, 0.5) is 10.5 Å². The average molecular weight is 433 g/mol. The number of imide groups is 1. The minimum absolute atomic E-state index is 0.221. The van der Waals surface area contributed by atoms with Crippen LogP contribution in [0.2, 0.25) is 0 Å². The highest BCUT2D eigenvalue weighted by atomic mass is 32.2. The first-order valence-electron chi connectivity index (χ1n) is 9.68. The number of hydrogen-bond acceptors (Lipinski definition) is 5. The number of thioether (sulfide) groups is 1. The number of aryl methyl sites for hydroxylation is 2. The molecule has 0 atom stereocenters. The molecule has 4 rings (SSSR count). The highest BCUT2D eigenvalue weighted by Gasteiger charge is 2.36. The molecule has 7 heteroatoms. The summed E-state index contributed by atoms with van der Waals surface area (Å²) in [5, 5.41) is 2.27. The summed E-state index contributed by atoms with van der Waals surface area (Å²) in [4.78, 5) is 38.6. The molecular weight excluding hydrogens is 412 g/mol. The third-order valence-corrected chi connectivity index (χ3v) is 5.70. The van der Waals surface area contributed by atoms with Gasteiger partial charge in [0.2, 0.25) is 5.91 Å². The Balaban J connectivity index is 1.45. The van der Waals surface area contributed by atoms with Crippen molar-refractivity contribution in [3.63, 3.8) is 0 Å². The molecular formula is C24H20N2O4S. The number of carbonyl (C=O) groups excluding carboxylic acids is 3. The number of benzene rings is 2. The fraction of sp³-hybridized carbons (Fsp3) is 0.125. The molecule has 156 valence electrons. The molecule has 0 unspecified atom stereocenters. The van der Waals surface area contributed by atoms with Crippen molar-refractivity contribution >= 4 is 40.6 Å². The lowest BCUT2D eigenvalue weighted by molar-refractivity contribution is -0.127. The lowest BCUT2D eigenvalue weighted by Crippen LogP contribution is -2.36. The quantitative estimate of drug-likeness (QED) is 0.558. The number of nitrogens with one attached hydrogen (secondary N) is 1. The maximum atomic E-state index is 12.7. The van der Waals surface area contributed by atoms with Crippen molar-refractivity contribution in [1.29, 1.82) is 0 Å². The molecule has 1 N–H and O–H groups in total. The first-order valence-corrected chi connectivity index (χ1v) is 10.5. The van der Waals surface area contributed by atoms with Gasteiger partial charge in [-0.05, 0) is 49.4 Å². The number of carbonyl (C=O) groups is 3. The Kier molecular flexibility index (Phi) is 5.77. The summed E-state index contributed by atoms with van der Waals surface area (Å²) < 4.78 is 5.78. The van der Waals surface area contributed by atoms with Gasteiger partial charge in [0.15, 0.2) is 0 Å². The fourth-order valence-corrected chi connectivity index (χ4v) is 4.06. The largest absolute Gasteiger partial charge is 0.457 e. The predicted molar refractivity (Wildman–Crippen MR) is 121 cm³/mol. The Hall–Kier alpha value is -3.58. The molecule has 1 saturated heterocycles. The van der Waals surface area contributed by atoms with Crippen LogP contribution < -0.4 is 5.32 Å². The Morgan fingerprint density at radius 1 is 1.06 bits per heavy atom. The number of hydrogen-bond donors (Lipinski definition) is 1. The van der Waals surface area contributed by atoms with Crippen LogP contribution in [0.3, 0.4) is 0 Å². The molecule has 0 spiro atoms. The minimum atomic E-state index is -0.511. The third kappa shape index (κ3) is 4.62. The molecule has 6 nitrogen and oxygen atoms in total. The monoisotopic (exact) mass is 432 g/mol. The van der Waals surface area contributed by atoms with E-state index in [1.54, 1.807) is 12.1 Å². The topological polar surface area (TPSA) is 79.6 Å². The molecule has 0 bridgehead atoms. The van der Waals surface area contributed by atoms with Gasteiger partial charge in [-0.2, -0.15) is 0 Å². The zero-order valence-corrected chi connectivity index (χ0v) is 17.9. The van der Waals surface area contributed by atoms with Crippen molar-refractivity contribution in [2.75, 3.05) is 11.9 Å². The van der Waals surface area contributed by atoms with E-state index in [2.05, 4.69) is 5.32 Å². The average Bonchev–Trinajstić information content (AvgIpc) is 3.31. The first kappa shape index (κ1) is 20.7. The fourth-order valence-electron chi connectivity index (χ4n) is 3.24. The molecule has 31 heavy (non-hydrogen) atoms. The number of anilines is 1. The molecule has 3 amide bonds. The second-order valence-corrected chi connectivity index (χ2v) is 8.20. The summed E-state index contributed by atoms with van der Waals surface area (Å²) in [5.41, 5.74) is 3.56. The highest BCUT2D eigenvalue weighted by Crippen LogP contribution is 2.33. The molecule has 2 aromatic carbocycles. The van der Waals surface area contributed by atoms with E-state index in [1.807, 2.05) is 62.4 Å². The van der Waals surface area contributed by atoms with E-state index in [0.29, 0.717) is 17.2 Å². The Bertz CT molecular complexity index is 1200. The zero-order chi connectivity index (χ0) is 22.0. The summed E-state index contributed by atoms with van der Waals surface area (Å²) in [6.07, 6.45) is 1.53. The smallest absolute Gasteiger partial charge is 0.294 e. The summed E-state index contributed by atoms with van der Waals surface area (Å²) in [5.74, 6) is 0.186. The predicted octanol–water partition coefficient (Wildman–Crippen LogP) is 5.24. The number of furan rings is 1. The maximum absolute atomic E-state index is 12.7. The van der Waals surface area contributed by atoms with E-state index in [-0.39, 0.29) is 11.4 Å². The Morgan fingerprint density at radius 3 is 2.58 bits per heavy atom. The summed E-state index contributed by atoms with van der Waals surface area (Å²) in [7, 11) is 0. The van der Waals surface area contributed by atoms with Crippen LogP contribution >= 0.6 is 11.8 Å². The molecule has 1 aromatic heterocycles. The van der Waals surface area contributed by atoms with Gasteiger partial charge in [-0.25, -0.2) is 0 Å². The summed E-state index contributed by atoms with van der Waals surface area (Å²) >= 11 is 0.794. The second-order valence-electron chi connectivity index (χ2n) is 7.20. The van der Waals surface area contributed by atoms with Crippen LogP contribution in [0.25, 0.3) is 17.4 Å². The zero-order valence-electron chi connectivity index (χ0n) is 17.0. The van der Waals surface area contributed by atoms with Gasteiger partial charge < -0.3 is 9.73 Å². The van der Waals surface area contributed by atoms with Crippen LogP contribution in [-0.2, 0) is 9.59 Å². The van der Waals surface area contributed by atoms with Crippen LogP contribution in [-0.4, -0.2) is 28.5 Å². The SMILES string of the molecule is Cc1ccc(NC(=O)CN2C(=O)S/C(=C\c3ccc(-c4ccccc4)o3)C2=O)c(C)c1. The molecule has 1 aliphatic heterocycles. The number of amides is 3. The lowest BCUT2D eigenvalue weighted by Gasteiger charge is -2.13. The number of nitrogens with zero attached hydrogens (tertiary/aromatic N) is 1. The maximum Gasteiger partial charge on any atom is 0.294 e. The molecule has 0 radical (unpaired) electrons. The lowest BCUT2D eigenvalue weighted by atomic mass is 10.1. The van der Waals surface area contributed by atoms with Gasteiger partial charge in [-0.3, -0.25) is 19.3 Å². The Morgan fingerprint density at radius 2 is 1.84 bits per heavy atom. The minimum Gasteiger partial charge on any atom is -0.457 e. The van der Waals surface area contributed by atoms with Gasteiger partial charge in [0.1, 0.15) is 18.1 Å². The van der Waals surface area contributed by atoms with E-state index in [1.165, 1.54) is 6.08 Å². The van der Waals surface area contributed by atoms with Gasteiger partial charge in [-0.15, -0.1) is 0 Å². The molecule has 3 aromatic rings. The van der Waals surface area contributed by atoms with Crippen molar-refractivity contribution in [2.24, 2.45) is 0 Å². The van der Waals surface area contributed by atoms with Crippen LogP contribution in [0.1, 0.15) is 16.9 Å². The highest BCUT2D eigenvalue weighted by molar-refractivity contribution is 8.18. The molecule has 2 heterocycles. The van der Waals surface area contributed by atoms with Crippen molar-refractivity contribution in [3.05, 3.63) is 82.5 Å². The molecule has 1 fully saturated rings. The van der Waals surface area contributed by atoms with Crippen molar-refractivity contribution in [1.82, 2.24) is 4.90 Å². The third-order valence-electron chi connectivity index (χ3n) is 4.79. The van der Waals surface area contributed by atoms with Crippen LogP contribution in [0, 0.1) is 13.8 Å².